The first-order chi connectivity index (χ1) is 12.6. The number of rotatable bonds is 6. The summed E-state index contributed by atoms with van der Waals surface area (Å²) >= 11 is 1.37. The highest BCUT2D eigenvalue weighted by atomic mass is 32.1. The van der Waals surface area contributed by atoms with Gasteiger partial charge < -0.3 is 14.5 Å². The van der Waals surface area contributed by atoms with Crippen LogP contribution in [-0.2, 0) is 4.74 Å². The van der Waals surface area contributed by atoms with E-state index < -0.39 is 11.9 Å². The van der Waals surface area contributed by atoms with Gasteiger partial charge in [-0.2, -0.15) is 0 Å². The maximum atomic E-state index is 12.3. The molecule has 0 radical (unpaired) electrons. The lowest BCUT2D eigenvalue weighted by molar-refractivity contribution is 0.0528. The number of carbonyl (C=O) groups excluding carboxylic acids is 2. The van der Waals surface area contributed by atoms with Gasteiger partial charge in [0.25, 0.3) is 5.91 Å². The van der Waals surface area contributed by atoms with Crippen LogP contribution in [0.25, 0.3) is 0 Å². The molecule has 2 aromatic heterocycles. The molecule has 3 aromatic rings. The van der Waals surface area contributed by atoms with E-state index in [9.17, 15) is 9.59 Å². The molecule has 0 saturated heterocycles. The molecular formula is C20H19NO4S. The number of anilines is 1. The Balaban J connectivity index is 1.92. The molecule has 26 heavy (non-hydrogen) atoms. The number of carbonyl (C=O) groups is 2. The van der Waals surface area contributed by atoms with Crippen LogP contribution < -0.4 is 5.32 Å². The van der Waals surface area contributed by atoms with Gasteiger partial charge >= 0.3 is 5.97 Å². The van der Waals surface area contributed by atoms with Gasteiger partial charge in [0.05, 0.1) is 18.4 Å². The van der Waals surface area contributed by atoms with Crippen molar-refractivity contribution in [2.24, 2.45) is 0 Å². The van der Waals surface area contributed by atoms with Crippen molar-refractivity contribution in [1.82, 2.24) is 0 Å². The SMILES string of the molecule is CCOC(=O)c1cc([C@@H](C)c2ccccc2)sc1NC(=O)c1ccco1. The van der Waals surface area contributed by atoms with Crippen LogP contribution in [0, 0.1) is 0 Å². The van der Waals surface area contributed by atoms with E-state index in [2.05, 4.69) is 12.2 Å². The lowest BCUT2D eigenvalue weighted by Crippen LogP contribution is -2.13. The van der Waals surface area contributed by atoms with Gasteiger partial charge in [-0.25, -0.2) is 4.79 Å². The fourth-order valence-corrected chi connectivity index (χ4v) is 3.68. The topological polar surface area (TPSA) is 68.5 Å². The molecule has 0 aliphatic heterocycles. The quantitative estimate of drug-likeness (QED) is 0.626. The Morgan fingerprint density at radius 2 is 1.96 bits per heavy atom. The van der Waals surface area contributed by atoms with E-state index in [4.69, 9.17) is 9.15 Å². The van der Waals surface area contributed by atoms with E-state index in [1.807, 2.05) is 30.3 Å². The van der Waals surface area contributed by atoms with E-state index in [1.54, 1.807) is 25.1 Å². The first-order valence-electron chi connectivity index (χ1n) is 8.30. The lowest BCUT2D eigenvalue weighted by atomic mass is 9.99. The molecule has 1 aromatic carbocycles. The van der Waals surface area contributed by atoms with Crippen LogP contribution in [0.3, 0.4) is 0 Å². The average molecular weight is 369 g/mol. The van der Waals surface area contributed by atoms with Crippen molar-refractivity contribution < 1.29 is 18.7 Å². The Hall–Kier alpha value is -2.86. The van der Waals surface area contributed by atoms with Crippen molar-refractivity contribution in [3.05, 3.63) is 76.6 Å². The van der Waals surface area contributed by atoms with Crippen molar-refractivity contribution in [2.45, 2.75) is 19.8 Å². The van der Waals surface area contributed by atoms with Crippen LogP contribution in [0.4, 0.5) is 5.00 Å². The van der Waals surface area contributed by atoms with Gasteiger partial charge in [-0.15, -0.1) is 11.3 Å². The van der Waals surface area contributed by atoms with Crippen molar-refractivity contribution in [2.75, 3.05) is 11.9 Å². The van der Waals surface area contributed by atoms with E-state index >= 15 is 0 Å². The molecule has 6 heteroatoms. The monoisotopic (exact) mass is 369 g/mol. The zero-order valence-electron chi connectivity index (χ0n) is 14.5. The fourth-order valence-electron chi connectivity index (χ4n) is 2.56. The number of nitrogens with one attached hydrogen (secondary N) is 1. The molecule has 0 saturated carbocycles. The molecule has 0 aliphatic rings. The number of benzene rings is 1. The maximum absolute atomic E-state index is 12.3. The van der Waals surface area contributed by atoms with Crippen molar-refractivity contribution in [3.8, 4) is 0 Å². The van der Waals surface area contributed by atoms with Crippen LogP contribution >= 0.6 is 11.3 Å². The zero-order valence-corrected chi connectivity index (χ0v) is 15.3. The molecular weight excluding hydrogens is 350 g/mol. The van der Waals surface area contributed by atoms with Gasteiger partial charge in [0.2, 0.25) is 0 Å². The highest BCUT2D eigenvalue weighted by Crippen LogP contribution is 2.36. The van der Waals surface area contributed by atoms with Crippen LogP contribution in [0.2, 0.25) is 0 Å². The highest BCUT2D eigenvalue weighted by molar-refractivity contribution is 7.16. The molecule has 1 N–H and O–H groups in total. The normalized spacial score (nSPS) is 11.8. The largest absolute Gasteiger partial charge is 0.462 e. The summed E-state index contributed by atoms with van der Waals surface area (Å²) in [6.45, 7) is 4.08. The molecule has 5 nitrogen and oxygen atoms in total. The van der Waals surface area contributed by atoms with Gasteiger partial charge in [0.15, 0.2) is 5.76 Å². The smallest absolute Gasteiger partial charge is 0.341 e. The molecule has 0 fully saturated rings. The summed E-state index contributed by atoms with van der Waals surface area (Å²) in [5.41, 5.74) is 1.49. The van der Waals surface area contributed by atoms with Gasteiger partial charge in [0.1, 0.15) is 5.00 Å². The number of furan rings is 1. The summed E-state index contributed by atoms with van der Waals surface area (Å²) in [5, 5.41) is 3.22. The number of ether oxygens (including phenoxy) is 1. The number of hydrogen-bond acceptors (Lipinski definition) is 5. The molecule has 0 bridgehead atoms. The zero-order chi connectivity index (χ0) is 18.5. The minimum Gasteiger partial charge on any atom is -0.462 e. The molecule has 134 valence electrons. The van der Waals surface area contributed by atoms with Gasteiger partial charge in [-0.05, 0) is 30.7 Å². The van der Waals surface area contributed by atoms with E-state index in [0.29, 0.717) is 10.6 Å². The van der Waals surface area contributed by atoms with Crippen molar-refractivity contribution in [3.63, 3.8) is 0 Å². The first-order valence-corrected chi connectivity index (χ1v) is 9.12. The predicted octanol–water partition coefficient (Wildman–Crippen LogP) is 4.92. The second-order valence-electron chi connectivity index (χ2n) is 5.68. The van der Waals surface area contributed by atoms with Crippen molar-refractivity contribution >= 4 is 28.2 Å². The van der Waals surface area contributed by atoms with Gasteiger partial charge in [-0.3, -0.25) is 4.79 Å². The Morgan fingerprint density at radius 1 is 1.19 bits per heavy atom. The molecule has 1 atom stereocenters. The number of amides is 1. The first kappa shape index (κ1) is 17.9. The standard InChI is InChI=1S/C20H19NO4S/c1-3-24-20(23)15-12-17(13(2)14-8-5-4-6-9-14)26-19(15)21-18(22)16-10-7-11-25-16/h4-13H,3H2,1-2H3,(H,21,22)/t13-/m0/s1. The molecule has 3 rings (SSSR count). The Kier molecular flexibility index (Phi) is 5.53. The Morgan fingerprint density at radius 3 is 2.62 bits per heavy atom. The molecule has 1 amide bonds. The molecule has 0 aliphatic carbocycles. The third-order valence-electron chi connectivity index (χ3n) is 3.94. The minimum absolute atomic E-state index is 0.0867. The Bertz CT molecular complexity index is 884. The second kappa shape index (κ2) is 8.01. The number of thiophene rings is 1. The summed E-state index contributed by atoms with van der Waals surface area (Å²) in [6, 6.07) is 15.0. The molecule has 2 heterocycles. The van der Waals surface area contributed by atoms with E-state index in [0.717, 1.165) is 10.4 Å². The summed E-state index contributed by atoms with van der Waals surface area (Å²) in [5.74, 6) is -0.583. The predicted molar refractivity (Wildman–Crippen MR) is 101 cm³/mol. The fraction of sp³-hybridized carbons (Fsp3) is 0.200. The molecule has 0 unspecified atom stereocenters. The highest BCUT2D eigenvalue weighted by Gasteiger charge is 2.23. The Labute approximate surface area is 155 Å². The summed E-state index contributed by atoms with van der Waals surface area (Å²) < 4.78 is 10.2. The van der Waals surface area contributed by atoms with Gasteiger partial charge in [-0.1, -0.05) is 37.3 Å². The van der Waals surface area contributed by atoms with Crippen LogP contribution in [0.15, 0.2) is 59.2 Å². The van der Waals surface area contributed by atoms with E-state index in [1.165, 1.54) is 17.6 Å². The van der Waals surface area contributed by atoms with Crippen LogP contribution in [0.5, 0.6) is 0 Å². The minimum atomic E-state index is -0.454. The summed E-state index contributed by atoms with van der Waals surface area (Å²) in [7, 11) is 0. The van der Waals surface area contributed by atoms with Gasteiger partial charge in [0, 0.05) is 10.8 Å². The second-order valence-corrected chi connectivity index (χ2v) is 6.76. The van der Waals surface area contributed by atoms with Crippen molar-refractivity contribution in [1.29, 1.82) is 0 Å². The number of hydrogen-bond donors (Lipinski definition) is 1. The van der Waals surface area contributed by atoms with Crippen LogP contribution in [0.1, 0.15) is 51.1 Å². The maximum Gasteiger partial charge on any atom is 0.341 e. The lowest BCUT2D eigenvalue weighted by Gasteiger charge is -2.09. The van der Waals surface area contributed by atoms with E-state index in [-0.39, 0.29) is 18.3 Å². The van der Waals surface area contributed by atoms with Crippen LogP contribution in [-0.4, -0.2) is 18.5 Å². The molecule has 0 spiro atoms. The number of esters is 1. The third kappa shape index (κ3) is 3.86. The summed E-state index contributed by atoms with van der Waals surface area (Å²) in [4.78, 5) is 25.6. The average Bonchev–Trinajstić information content (AvgIpc) is 3.32. The summed E-state index contributed by atoms with van der Waals surface area (Å²) in [6.07, 6.45) is 1.43. The third-order valence-corrected chi connectivity index (χ3v) is 5.18.